The summed E-state index contributed by atoms with van der Waals surface area (Å²) in [6.45, 7) is 4.89. The molecule has 94 valence electrons. The molecule has 1 aliphatic heterocycles. The van der Waals surface area contributed by atoms with Crippen molar-refractivity contribution in [2.45, 2.75) is 38.1 Å². The van der Waals surface area contributed by atoms with E-state index >= 15 is 0 Å². The summed E-state index contributed by atoms with van der Waals surface area (Å²) < 4.78 is 0. The van der Waals surface area contributed by atoms with Crippen LogP contribution in [0.5, 0.6) is 0 Å². The molecule has 1 fully saturated rings. The summed E-state index contributed by atoms with van der Waals surface area (Å²) in [7, 11) is 0. The number of nitrogens with zero attached hydrogens (tertiary/aromatic N) is 2. The lowest BCUT2D eigenvalue weighted by molar-refractivity contribution is -0.134. The van der Waals surface area contributed by atoms with Gasteiger partial charge in [0, 0.05) is 12.1 Å². The first-order chi connectivity index (χ1) is 8.56. The lowest BCUT2D eigenvalue weighted by atomic mass is 9.96. The molecule has 1 saturated heterocycles. The fourth-order valence-electron chi connectivity index (χ4n) is 2.59. The van der Waals surface area contributed by atoms with Gasteiger partial charge >= 0.3 is 0 Å². The zero-order valence-corrected chi connectivity index (χ0v) is 10.9. The molecule has 18 heavy (non-hydrogen) atoms. The van der Waals surface area contributed by atoms with Gasteiger partial charge in [-0.2, -0.15) is 5.26 Å². The van der Waals surface area contributed by atoms with Crippen LogP contribution in [-0.2, 0) is 4.79 Å². The van der Waals surface area contributed by atoms with Gasteiger partial charge in [-0.05, 0) is 32.3 Å². The molecule has 3 nitrogen and oxygen atoms in total. The Hall–Kier alpha value is -1.82. The average molecular weight is 242 g/mol. The molecule has 1 heterocycles. The molecule has 0 spiro atoms. The van der Waals surface area contributed by atoms with Crippen molar-refractivity contribution in [3.8, 4) is 6.07 Å². The van der Waals surface area contributed by atoms with Crippen LogP contribution in [0.2, 0.25) is 0 Å². The van der Waals surface area contributed by atoms with Gasteiger partial charge in [0.1, 0.15) is 5.92 Å². The monoisotopic (exact) mass is 242 g/mol. The van der Waals surface area contributed by atoms with Gasteiger partial charge in [-0.3, -0.25) is 4.79 Å². The highest BCUT2D eigenvalue weighted by Gasteiger charge is 2.38. The summed E-state index contributed by atoms with van der Waals surface area (Å²) in [5.41, 5.74) is 0.661. The van der Waals surface area contributed by atoms with Crippen molar-refractivity contribution in [1.29, 1.82) is 5.26 Å². The van der Waals surface area contributed by atoms with Gasteiger partial charge in [-0.25, -0.2) is 0 Å². The Kier molecular flexibility index (Phi) is 3.38. The molecular weight excluding hydrogens is 224 g/mol. The second-order valence-corrected chi connectivity index (χ2v) is 5.38. The molecule has 0 radical (unpaired) electrons. The Morgan fingerprint density at radius 3 is 2.56 bits per heavy atom. The van der Waals surface area contributed by atoms with Crippen LogP contribution in [0.1, 0.15) is 38.2 Å². The Bertz CT molecular complexity index is 473. The van der Waals surface area contributed by atoms with Crippen molar-refractivity contribution >= 4 is 5.91 Å². The molecule has 3 heteroatoms. The molecule has 2 rings (SSSR count). The van der Waals surface area contributed by atoms with Gasteiger partial charge in [-0.1, -0.05) is 30.3 Å². The largest absolute Gasteiger partial charge is 0.336 e. The second-order valence-electron chi connectivity index (χ2n) is 5.38. The zero-order chi connectivity index (χ0) is 13.2. The molecule has 1 unspecified atom stereocenters. The third-order valence-electron chi connectivity index (χ3n) is 3.68. The van der Waals surface area contributed by atoms with E-state index in [9.17, 15) is 10.1 Å². The quantitative estimate of drug-likeness (QED) is 0.800. The van der Waals surface area contributed by atoms with Crippen LogP contribution in [0.15, 0.2) is 30.3 Å². The minimum atomic E-state index is -0.677. The van der Waals surface area contributed by atoms with Crippen molar-refractivity contribution in [3.63, 3.8) is 0 Å². The van der Waals surface area contributed by atoms with Crippen LogP contribution < -0.4 is 0 Å². The summed E-state index contributed by atoms with van der Waals surface area (Å²) >= 11 is 0. The number of carbonyl (C=O) groups is 1. The minimum Gasteiger partial charge on any atom is -0.336 e. The summed E-state index contributed by atoms with van der Waals surface area (Å²) in [4.78, 5) is 14.4. The number of hydrogen-bond acceptors (Lipinski definition) is 2. The van der Waals surface area contributed by atoms with Crippen LogP contribution in [-0.4, -0.2) is 22.9 Å². The van der Waals surface area contributed by atoms with Gasteiger partial charge in [0.2, 0.25) is 5.91 Å². The van der Waals surface area contributed by atoms with Gasteiger partial charge in [0.15, 0.2) is 0 Å². The second kappa shape index (κ2) is 4.81. The zero-order valence-electron chi connectivity index (χ0n) is 10.9. The highest BCUT2D eigenvalue weighted by molar-refractivity contribution is 5.87. The molecule has 0 aromatic heterocycles. The lowest BCUT2D eigenvalue weighted by Crippen LogP contribution is -2.44. The molecular formula is C15H18N2O. The Balaban J connectivity index is 2.25. The molecule has 1 aromatic rings. The number of nitriles is 1. The van der Waals surface area contributed by atoms with Gasteiger partial charge in [0.25, 0.3) is 0 Å². The first-order valence-electron chi connectivity index (χ1n) is 6.32. The third-order valence-corrected chi connectivity index (χ3v) is 3.68. The fourth-order valence-corrected chi connectivity index (χ4v) is 2.59. The lowest BCUT2D eigenvalue weighted by Gasteiger charge is -2.33. The van der Waals surface area contributed by atoms with E-state index in [4.69, 9.17) is 0 Å². The molecule has 0 bridgehead atoms. The van der Waals surface area contributed by atoms with E-state index in [2.05, 4.69) is 19.9 Å². The van der Waals surface area contributed by atoms with Crippen LogP contribution in [0, 0.1) is 11.3 Å². The topological polar surface area (TPSA) is 44.1 Å². The number of carbonyl (C=O) groups excluding carboxylic acids is 1. The molecule has 1 aromatic carbocycles. The maximum absolute atomic E-state index is 12.5. The highest BCUT2D eigenvalue weighted by atomic mass is 16.2. The minimum absolute atomic E-state index is 0.0637. The number of hydrogen-bond donors (Lipinski definition) is 0. The fraction of sp³-hybridized carbons (Fsp3) is 0.467. The van der Waals surface area contributed by atoms with E-state index in [1.54, 1.807) is 0 Å². The van der Waals surface area contributed by atoms with E-state index in [0.29, 0.717) is 0 Å². The van der Waals surface area contributed by atoms with Crippen molar-refractivity contribution in [1.82, 2.24) is 4.90 Å². The molecule has 0 saturated carbocycles. The number of benzene rings is 1. The van der Waals surface area contributed by atoms with Crippen molar-refractivity contribution in [2.75, 3.05) is 6.54 Å². The summed E-state index contributed by atoms with van der Waals surface area (Å²) in [5, 5.41) is 9.28. The Labute approximate surface area is 108 Å². The molecule has 1 aliphatic rings. The SMILES string of the molecule is CC1(C)CCCN1C(=O)C(C#N)c1ccccc1. The predicted molar refractivity (Wildman–Crippen MR) is 69.8 cm³/mol. The van der Waals surface area contributed by atoms with Gasteiger partial charge < -0.3 is 4.90 Å². The van der Waals surface area contributed by atoms with Crippen LogP contribution in [0.3, 0.4) is 0 Å². The molecule has 0 aliphatic carbocycles. The number of likely N-dealkylation sites (tertiary alicyclic amines) is 1. The van der Waals surface area contributed by atoms with Gasteiger partial charge in [-0.15, -0.1) is 0 Å². The smallest absolute Gasteiger partial charge is 0.244 e. The summed E-state index contributed by atoms with van der Waals surface area (Å²) in [5.74, 6) is -0.741. The Morgan fingerprint density at radius 2 is 2.06 bits per heavy atom. The van der Waals surface area contributed by atoms with Crippen molar-refractivity contribution < 1.29 is 4.79 Å². The van der Waals surface area contributed by atoms with E-state index < -0.39 is 5.92 Å². The first-order valence-corrected chi connectivity index (χ1v) is 6.32. The van der Waals surface area contributed by atoms with E-state index in [-0.39, 0.29) is 11.4 Å². The maximum Gasteiger partial charge on any atom is 0.244 e. The van der Waals surface area contributed by atoms with Gasteiger partial charge in [0.05, 0.1) is 6.07 Å². The number of rotatable bonds is 2. The average Bonchev–Trinajstić information content (AvgIpc) is 2.71. The van der Waals surface area contributed by atoms with Crippen molar-refractivity contribution in [3.05, 3.63) is 35.9 Å². The maximum atomic E-state index is 12.5. The normalized spacial score (nSPS) is 19.3. The summed E-state index contributed by atoms with van der Waals surface area (Å²) in [6.07, 6.45) is 2.03. The number of amides is 1. The first kappa shape index (κ1) is 12.6. The predicted octanol–water partition coefficient (Wildman–Crippen LogP) is 2.69. The molecule has 1 amide bonds. The van der Waals surface area contributed by atoms with E-state index in [1.807, 2.05) is 35.2 Å². The van der Waals surface area contributed by atoms with E-state index in [1.165, 1.54) is 0 Å². The van der Waals surface area contributed by atoms with Crippen LogP contribution >= 0.6 is 0 Å². The molecule has 1 atom stereocenters. The summed E-state index contributed by atoms with van der Waals surface area (Å²) in [6, 6.07) is 11.4. The van der Waals surface area contributed by atoms with Crippen LogP contribution in [0.25, 0.3) is 0 Å². The third kappa shape index (κ3) is 2.24. The highest BCUT2D eigenvalue weighted by Crippen LogP contribution is 2.31. The molecule has 0 N–H and O–H groups in total. The Morgan fingerprint density at radius 1 is 1.39 bits per heavy atom. The standard InChI is InChI=1S/C15H18N2O/c1-15(2)9-6-10-17(15)14(18)13(11-16)12-7-4-3-5-8-12/h3-5,7-8,13H,6,9-10H2,1-2H3. The van der Waals surface area contributed by atoms with E-state index in [0.717, 1.165) is 24.9 Å². The van der Waals surface area contributed by atoms with Crippen molar-refractivity contribution in [2.24, 2.45) is 0 Å². The van der Waals surface area contributed by atoms with Crippen LogP contribution in [0.4, 0.5) is 0 Å².